The van der Waals surface area contributed by atoms with Crippen molar-refractivity contribution < 1.29 is 15.0 Å². The van der Waals surface area contributed by atoms with Crippen molar-refractivity contribution in [2.75, 3.05) is 0 Å². The number of carbonyl (C=O) groups is 1. The molecule has 4 N–H and O–H groups in total. The van der Waals surface area contributed by atoms with Crippen molar-refractivity contribution in [3.63, 3.8) is 0 Å². The van der Waals surface area contributed by atoms with E-state index in [1.807, 2.05) is 36.4 Å². The Balaban J connectivity index is 1.86. The number of aromatic nitrogens is 1. The highest BCUT2D eigenvalue weighted by Crippen LogP contribution is 2.59. The Morgan fingerprint density at radius 1 is 1.27 bits per heavy atom. The van der Waals surface area contributed by atoms with Gasteiger partial charge >= 0.3 is 0 Å². The van der Waals surface area contributed by atoms with Crippen LogP contribution in [0.3, 0.4) is 0 Å². The number of hydrogen-bond donors (Lipinski definition) is 3. The fraction of sp³-hybridized carbons (Fsp3) is 0.235. The minimum Gasteiger partial charge on any atom is -0.494 e. The van der Waals surface area contributed by atoms with E-state index >= 15 is 0 Å². The minimum absolute atomic E-state index is 0.0221. The van der Waals surface area contributed by atoms with Crippen molar-refractivity contribution >= 4 is 5.91 Å². The van der Waals surface area contributed by atoms with Gasteiger partial charge in [-0.2, -0.15) is 0 Å². The Hall–Kier alpha value is -2.69. The zero-order valence-corrected chi connectivity index (χ0v) is 11.9. The van der Waals surface area contributed by atoms with E-state index in [4.69, 9.17) is 5.73 Å². The summed E-state index contributed by atoms with van der Waals surface area (Å²) in [5.74, 6) is -0.599. The molecule has 2 bridgehead atoms. The smallest absolute Gasteiger partial charge is 0.232 e. The van der Waals surface area contributed by atoms with Crippen LogP contribution in [0.15, 0.2) is 42.5 Å². The number of primary amides is 1. The first-order valence-corrected chi connectivity index (χ1v) is 7.22. The van der Waals surface area contributed by atoms with E-state index in [1.54, 1.807) is 6.08 Å². The molecule has 112 valence electrons. The third-order valence-electron chi connectivity index (χ3n) is 4.84. The van der Waals surface area contributed by atoms with Crippen LogP contribution < -0.4 is 5.73 Å². The van der Waals surface area contributed by atoms with Gasteiger partial charge < -0.3 is 15.9 Å². The Morgan fingerprint density at radius 2 is 2.00 bits per heavy atom. The van der Waals surface area contributed by atoms with Gasteiger partial charge in [-0.1, -0.05) is 42.5 Å². The minimum atomic E-state index is -0.983. The molecule has 2 aliphatic rings. The lowest BCUT2D eigenvalue weighted by Crippen LogP contribution is -2.36. The zero-order chi connectivity index (χ0) is 15.5. The van der Waals surface area contributed by atoms with Gasteiger partial charge in [0.05, 0.1) is 12.0 Å². The summed E-state index contributed by atoms with van der Waals surface area (Å²) in [7, 11) is 0. The lowest BCUT2D eigenvalue weighted by molar-refractivity contribution is -0.121. The lowest BCUT2D eigenvalue weighted by Gasteiger charge is -2.20. The maximum atomic E-state index is 11.9. The molecule has 0 saturated carbocycles. The van der Waals surface area contributed by atoms with Gasteiger partial charge in [-0.25, -0.2) is 0 Å². The zero-order valence-electron chi connectivity index (χ0n) is 11.9. The van der Waals surface area contributed by atoms with Crippen molar-refractivity contribution in [2.24, 2.45) is 5.73 Å². The molecule has 5 heteroatoms. The molecular formula is C17H16N2O3. The maximum Gasteiger partial charge on any atom is 0.232 e. The number of benzene rings is 1. The van der Waals surface area contributed by atoms with Gasteiger partial charge in [0.15, 0.2) is 11.8 Å². The molecule has 2 atom stereocenters. The van der Waals surface area contributed by atoms with Crippen molar-refractivity contribution in [3.05, 3.63) is 59.2 Å². The number of rotatable bonds is 3. The number of allylic oxidation sites excluding steroid dienone is 1. The second-order valence-corrected chi connectivity index (χ2v) is 6.01. The van der Waals surface area contributed by atoms with Crippen LogP contribution in [0, 0.1) is 0 Å². The molecule has 0 saturated heterocycles. The summed E-state index contributed by atoms with van der Waals surface area (Å²) < 4.78 is 1.44. The van der Waals surface area contributed by atoms with Crippen LogP contribution in [0.2, 0.25) is 0 Å². The van der Waals surface area contributed by atoms with Gasteiger partial charge in [-0.15, -0.1) is 0 Å². The normalized spacial score (nSPS) is 24.6. The highest BCUT2D eigenvalue weighted by atomic mass is 16.3. The molecular weight excluding hydrogens is 280 g/mol. The summed E-state index contributed by atoms with van der Waals surface area (Å²) in [6.45, 7) is 0.340. The third kappa shape index (κ3) is 1.45. The summed E-state index contributed by atoms with van der Waals surface area (Å²) in [5.41, 5.74) is 6.65. The van der Waals surface area contributed by atoms with Crippen molar-refractivity contribution in [1.82, 2.24) is 4.57 Å². The molecule has 0 fully saturated rings. The van der Waals surface area contributed by atoms with Crippen LogP contribution in [-0.2, 0) is 16.8 Å². The maximum absolute atomic E-state index is 11.9. The third-order valence-corrected chi connectivity index (χ3v) is 4.84. The standard InChI is InChI=1S/C17H16N2O3/c18-16(22)17-7-6-11(8-17)12-13(17)15(21)19(14(12)20)9-10-4-2-1-3-5-10/h1-7,11,20-21H,8-9H2,(H2,18,22). The number of carbonyl (C=O) groups excluding carboxylic acids is 1. The molecule has 22 heavy (non-hydrogen) atoms. The van der Waals surface area contributed by atoms with E-state index < -0.39 is 11.3 Å². The molecule has 4 rings (SSSR count). The van der Waals surface area contributed by atoms with E-state index in [9.17, 15) is 15.0 Å². The molecule has 5 nitrogen and oxygen atoms in total. The molecule has 0 aliphatic heterocycles. The summed E-state index contributed by atoms with van der Waals surface area (Å²) in [6.07, 6.45) is 4.15. The Labute approximate surface area is 127 Å². The highest BCUT2D eigenvalue weighted by Gasteiger charge is 2.54. The van der Waals surface area contributed by atoms with Crippen LogP contribution in [-0.4, -0.2) is 20.7 Å². The number of aromatic hydroxyl groups is 2. The van der Waals surface area contributed by atoms with Crippen LogP contribution in [0.4, 0.5) is 0 Å². The first kappa shape index (κ1) is 13.0. The van der Waals surface area contributed by atoms with E-state index in [-0.39, 0.29) is 17.7 Å². The van der Waals surface area contributed by atoms with Gasteiger partial charge in [-0.3, -0.25) is 9.36 Å². The Morgan fingerprint density at radius 3 is 2.68 bits per heavy atom. The predicted octanol–water partition coefficient (Wildman–Crippen LogP) is 1.73. The molecule has 2 unspecified atom stereocenters. The topological polar surface area (TPSA) is 88.5 Å². The predicted molar refractivity (Wildman–Crippen MR) is 80.7 cm³/mol. The van der Waals surface area contributed by atoms with Crippen LogP contribution in [0.25, 0.3) is 0 Å². The number of nitrogens with zero attached hydrogens (tertiary/aromatic N) is 1. The summed E-state index contributed by atoms with van der Waals surface area (Å²) in [4.78, 5) is 11.9. The van der Waals surface area contributed by atoms with E-state index in [0.29, 0.717) is 24.1 Å². The summed E-state index contributed by atoms with van der Waals surface area (Å²) in [5, 5.41) is 21.1. The average molecular weight is 296 g/mol. The monoisotopic (exact) mass is 296 g/mol. The first-order valence-electron chi connectivity index (χ1n) is 7.22. The van der Waals surface area contributed by atoms with Gasteiger partial charge in [0.1, 0.15) is 0 Å². The molecule has 1 amide bonds. The second kappa shape index (κ2) is 4.16. The largest absolute Gasteiger partial charge is 0.494 e. The van der Waals surface area contributed by atoms with Crippen LogP contribution >= 0.6 is 0 Å². The second-order valence-electron chi connectivity index (χ2n) is 6.01. The van der Waals surface area contributed by atoms with E-state index in [0.717, 1.165) is 5.56 Å². The summed E-state index contributed by atoms with van der Waals surface area (Å²) in [6, 6.07) is 9.54. The SMILES string of the molecule is NC(=O)C12C=CC(C1)c1c2c(O)n(Cc2ccccc2)c1O. The fourth-order valence-corrected chi connectivity index (χ4v) is 3.77. The molecule has 2 aliphatic carbocycles. The number of hydrogen-bond acceptors (Lipinski definition) is 3. The first-order chi connectivity index (χ1) is 10.5. The molecule has 1 aromatic carbocycles. The van der Waals surface area contributed by atoms with E-state index in [2.05, 4.69) is 0 Å². The average Bonchev–Trinajstić information content (AvgIpc) is 3.16. The quantitative estimate of drug-likeness (QED) is 0.754. The van der Waals surface area contributed by atoms with Crippen molar-refractivity contribution in [1.29, 1.82) is 0 Å². The lowest BCUT2D eigenvalue weighted by atomic mass is 9.83. The van der Waals surface area contributed by atoms with Gasteiger partial charge in [0.25, 0.3) is 0 Å². The summed E-state index contributed by atoms with van der Waals surface area (Å²) >= 11 is 0. The molecule has 1 aromatic heterocycles. The van der Waals surface area contributed by atoms with Crippen LogP contribution in [0.1, 0.15) is 29.0 Å². The molecule has 0 radical (unpaired) electrons. The number of amides is 1. The number of fused-ring (bicyclic) bond motifs is 5. The van der Waals surface area contributed by atoms with E-state index in [1.165, 1.54) is 4.57 Å². The van der Waals surface area contributed by atoms with Crippen LogP contribution in [0.5, 0.6) is 11.8 Å². The van der Waals surface area contributed by atoms with Gasteiger partial charge in [-0.05, 0) is 12.0 Å². The van der Waals surface area contributed by atoms with Gasteiger partial charge in [0.2, 0.25) is 5.91 Å². The molecule has 0 spiro atoms. The molecule has 2 aromatic rings. The van der Waals surface area contributed by atoms with Gasteiger partial charge in [0, 0.05) is 17.0 Å². The number of nitrogens with two attached hydrogens (primary N) is 1. The van der Waals surface area contributed by atoms with Crippen molar-refractivity contribution in [3.8, 4) is 11.8 Å². The Kier molecular flexibility index (Phi) is 2.46. The highest BCUT2D eigenvalue weighted by molar-refractivity contribution is 5.94. The van der Waals surface area contributed by atoms with Crippen molar-refractivity contribution in [2.45, 2.75) is 24.3 Å². The molecule has 1 heterocycles. The Bertz CT molecular complexity index is 807. The fourth-order valence-electron chi connectivity index (χ4n) is 3.77.